The van der Waals surface area contributed by atoms with E-state index in [1.54, 1.807) is 0 Å². The molecule has 2 fully saturated rings. The van der Waals surface area contributed by atoms with Crippen molar-refractivity contribution in [3.63, 3.8) is 0 Å². The maximum absolute atomic E-state index is 12.8. The second-order valence-corrected chi connectivity index (χ2v) is 13.9. The van der Waals surface area contributed by atoms with Crippen LogP contribution < -0.4 is 0 Å². The number of carbonyl (C=O) groups excluding carboxylic acids is 1. The van der Waals surface area contributed by atoms with E-state index in [1.807, 2.05) is 23.1 Å². The van der Waals surface area contributed by atoms with Gasteiger partial charge in [0.2, 0.25) is 0 Å². The Kier molecular flexibility index (Phi) is 3.37. The number of amides is 1. The Morgan fingerprint density at radius 3 is 2.95 bits per heavy atom. The molecule has 0 saturated carbocycles. The van der Waals surface area contributed by atoms with E-state index in [2.05, 4.69) is 38.2 Å². The van der Waals surface area contributed by atoms with Crippen LogP contribution in [0.1, 0.15) is 5.56 Å². The molecule has 3 nitrogen and oxygen atoms in total. The molecule has 0 bridgehead atoms. The van der Waals surface area contributed by atoms with Gasteiger partial charge in [0.25, 0.3) is 0 Å². The van der Waals surface area contributed by atoms with Crippen LogP contribution in [0.4, 0.5) is 0 Å². The molecule has 0 radical (unpaired) electrons. The van der Waals surface area contributed by atoms with Crippen molar-refractivity contribution >= 4 is 41.7 Å². The fourth-order valence-corrected chi connectivity index (χ4v) is 9.91. The molecule has 1 atom stereocenters. The van der Waals surface area contributed by atoms with Crippen molar-refractivity contribution in [2.45, 2.75) is 8.88 Å². The molecular formula is C16H15BrINO2. The van der Waals surface area contributed by atoms with Gasteiger partial charge in [-0.15, -0.1) is 0 Å². The van der Waals surface area contributed by atoms with Gasteiger partial charge < -0.3 is 0 Å². The van der Waals surface area contributed by atoms with E-state index in [9.17, 15) is 4.79 Å². The van der Waals surface area contributed by atoms with Gasteiger partial charge in [0.1, 0.15) is 0 Å². The van der Waals surface area contributed by atoms with Crippen LogP contribution in [0.2, 0.25) is 0 Å². The van der Waals surface area contributed by atoms with Gasteiger partial charge in [0, 0.05) is 0 Å². The fraction of sp³-hybridized carbons (Fsp3) is 0.312. The second kappa shape index (κ2) is 5.12. The molecular weight excluding hydrogens is 445 g/mol. The van der Waals surface area contributed by atoms with Crippen molar-refractivity contribution in [1.29, 1.82) is 0 Å². The molecule has 4 rings (SSSR count). The van der Waals surface area contributed by atoms with E-state index < -0.39 is 19.8 Å². The van der Waals surface area contributed by atoms with E-state index in [4.69, 9.17) is 4.74 Å². The van der Waals surface area contributed by atoms with E-state index in [1.165, 1.54) is 4.43 Å². The van der Waals surface area contributed by atoms with E-state index >= 15 is 0 Å². The second-order valence-electron chi connectivity index (χ2n) is 5.38. The Morgan fingerprint density at radius 2 is 2.14 bits per heavy atom. The summed E-state index contributed by atoms with van der Waals surface area (Å²) < 4.78 is 9.46. The summed E-state index contributed by atoms with van der Waals surface area (Å²) in [7, 11) is 0. The van der Waals surface area contributed by atoms with Crippen LogP contribution in [-0.2, 0) is 16.1 Å². The molecule has 1 amide bonds. The first kappa shape index (κ1) is 13.8. The molecule has 2 saturated heterocycles. The van der Waals surface area contributed by atoms with Gasteiger partial charge in [-0.25, -0.2) is 0 Å². The fourth-order valence-electron chi connectivity index (χ4n) is 2.63. The summed E-state index contributed by atoms with van der Waals surface area (Å²) in [5.41, 5.74) is 1.91. The van der Waals surface area contributed by atoms with Crippen molar-refractivity contribution < 1.29 is 9.53 Å². The third-order valence-corrected chi connectivity index (χ3v) is 13.4. The number of allylic oxidation sites excluding steroid dienone is 1. The Balaban J connectivity index is 1.61. The minimum atomic E-state index is -1.07. The Morgan fingerprint density at radius 1 is 1.33 bits per heavy atom. The van der Waals surface area contributed by atoms with E-state index in [0.717, 1.165) is 16.9 Å². The third-order valence-electron chi connectivity index (χ3n) is 3.85. The van der Waals surface area contributed by atoms with Gasteiger partial charge in [0.05, 0.1) is 0 Å². The molecule has 0 aliphatic carbocycles. The first-order chi connectivity index (χ1) is 10.2. The van der Waals surface area contributed by atoms with Crippen LogP contribution >= 0.6 is 35.7 Å². The maximum atomic E-state index is 12.8. The molecule has 0 spiro atoms. The zero-order valence-corrected chi connectivity index (χ0v) is 15.1. The van der Waals surface area contributed by atoms with Crippen molar-refractivity contribution in [3.05, 3.63) is 57.4 Å². The van der Waals surface area contributed by atoms with Crippen LogP contribution in [0.15, 0.2) is 51.8 Å². The summed E-state index contributed by atoms with van der Waals surface area (Å²) in [5, 5.41) is 0. The quantitative estimate of drug-likeness (QED) is 0.500. The van der Waals surface area contributed by atoms with E-state index in [0.29, 0.717) is 19.7 Å². The summed E-state index contributed by atoms with van der Waals surface area (Å²) in [6.07, 6.45) is 2.12. The number of hydrogen-bond donors (Lipinski definition) is 0. The molecule has 3 aliphatic rings. The van der Waals surface area contributed by atoms with Gasteiger partial charge >= 0.3 is 140 Å². The number of ether oxygens (including phenoxy) is 1. The summed E-state index contributed by atoms with van der Waals surface area (Å²) in [5.74, 6) is 0.942. The molecule has 3 heterocycles. The predicted molar refractivity (Wildman–Crippen MR) is 94.5 cm³/mol. The third kappa shape index (κ3) is 2.54. The van der Waals surface area contributed by atoms with E-state index in [-0.39, 0.29) is 8.24 Å². The molecule has 5 heteroatoms. The van der Waals surface area contributed by atoms with Gasteiger partial charge in [-0.2, -0.15) is 0 Å². The number of halogens is 2. The normalized spacial score (nSPS) is 28.7. The summed E-state index contributed by atoms with van der Waals surface area (Å²) in [6.45, 7) is 1.87. The van der Waals surface area contributed by atoms with Crippen molar-refractivity contribution in [2.75, 3.05) is 17.6 Å². The Labute approximate surface area is 139 Å². The van der Waals surface area contributed by atoms with Crippen molar-refractivity contribution in [2.24, 2.45) is 0 Å². The molecule has 21 heavy (non-hydrogen) atoms. The predicted octanol–water partition coefficient (Wildman–Crippen LogP) is 3.44. The Hall–Kier alpha value is -0.820. The zero-order chi connectivity index (χ0) is 14.4. The number of benzene rings is 1. The average Bonchev–Trinajstić information content (AvgIpc) is 3.17. The van der Waals surface area contributed by atoms with Crippen LogP contribution in [0.5, 0.6) is 0 Å². The first-order valence-electron chi connectivity index (χ1n) is 6.90. The monoisotopic (exact) mass is 459 g/mol. The first-order valence-corrected chi connectivity index (χ1v) is 11.5. The Bertz CT molecular complexity index is 658. The summed E-state index contributed by atoms with van der Waals surface area (Å²) >= 11 is 2.73. The van der Waals surface area contributed by atoms with Crippen molar-refractivity contribution in [1.82, 2.24) is 4.90 Å². The average molecular weight is 460 g/mol. The summed E-state index contributed by atoms with van der Waals surface area (Å²) in [4.78, 5) is 14.7. The van der Waals surface area contributed by atoms with Crippen LogP contribution in [0.25, 0.3) is 0 Å². The number of nitrogens with zero attached hydrogens (tertiary/aromatic N) is 1. The van der Waals surface area contributed by atoms with Crippen LogP contribution in [-0.4, -0.2) is 30.7 Å². The molecule has 0 N–H and O–H groups in total. The topological polar surface area (TPSA) is 29.5 Å². The van der Waals surface area contributed by atoms with Gasteiger partial charge in [-0.1, -0.05) is 0 Å². The van der Waals surface area contributed by atoms with Gasteiger partial charge in [-0.05, 0) is 0 Å². The molecule has 110 valence electrons. The molecule has 1 aromatic rings. The number of alkyl halides is 3. The molecule has 1 unspecified atom stereocenters. The van der Waals surface area contributed by atoms with Gasteiger partial charge in [0.15, 0.2) is 0 Å². The number of carbonyl (C=O) groups is 1. The SMILES string of the molecule is O=C1C2=CC3(Br)CI3C=C2OCCN1Cc1ccccc1. The molecule has 0 aromatic heterocycles. The summed E-state index contributed by atoms with van der Waals surface area (Å²) in [6, 6.07) is 10.1. The van der Waals surface area contributed by atoms with Crippen LogP contribution in [0, 0.1) is 0 Å². The molecule has 1 aromatic carbocycles. The van der Waals surface area contributed by atoms with Gasteiger partial charge in [-0.3, -0.25) is 0 Å². The van der Waals surface area contributed by atoms with Crippen LogP contribution in [0.3, 0.4) is 0 Å². The zero-order valence-electron chi connectivity index (χ0n) is 11.4. The number of rotatable bonds is 2. The standard InChI is InChI=1S/C16H15BrINO2/c17-16-8-13-14(9-18(16)11-16)21-7-6-19(15(13)20)10-12-4-2-1-3-5-12/h1-5,8-9H,6-7,10-11H2. The minimum absolute atomic E-state index is 0.101. The number of hydrogen-bond acceptors (Lipinski definition) is 2. The van der Waals surface area contributed by atoms with Crippen molar-refractivity contribution in [3.8, 4) is 0 Å². The molecule has 3 aliphatic heterocycles. The number of fused-ring (bicyclic) bond motifs is 2.